The molecule has 5 rings (SSSR count). The number of H-pyrrole nitrogens is 1. The molecule has 0 bridgehead atoms. The van der Waals surface area contributed by atoms with Crippen LogP contribution in [0.4, 0.5) is 0 Å². The number of pyridine rings is 1. The third kappa shape index (κ3) is 5.99. The van der Waals surface area contributed by atoms with Crippen LogP contribution in [0, 0.1) is 0 Å². The number of benzene rings is 3. The van der Waals surface area contributed by atoms with Crippen molar-refractivity contribution in [1.82, 2.24) is 15.3 Å². The van der Waals surface area contributed by atoms with E-state index in [4.69, 9.17) is 4.74 Å². The first-order valence-electron chi connectivity index (χ1n) is 12.8. The fourth-order valence-corrected chi connectivity index (χ4v) is 4.69. The molecule has 3 N–H and O–H groups in total. The average molecular weight is 520 g/mol. The van der Waals surface area contributed by atoms with Crippen molar-refractivity contribution >= 4 is 22.8 Å². The Morgan fingerprint density at radius 1 is 0.949 bits per heavy atom. The SMILES string of the molecule is COC(=O)C(CCc1ccccc1)NC(=O)Cc1ccc(-c2cccc(-c3cc4cnccc4[nH]3)c2O)cc1. The molecule has 196 valence electrons. The quantitative estimate of drug-likeness (QED) is 0.225. The number of aryl methyl sites for hydroxylation is 1. The van der Waals surface area contributed by atoms with Crippen LogP contribution in [0.15, 0.2) is 97.3 Å². The molecule has 0 aliphatic heterocycles. The molecule has 7 nitrogen and oxygen atoms in total. The van der Waals surface area contributed by atoms with E-state index in [9.17, 15) is 14.7 Å². The highest BCUT2D eigenvalue weighted by atomic mass is 16.5. The fourth-order valence-electron chi connectivity index (χ4n) is 4.69. The van der Waals surface area contributed by atoms with Crippen LogP contribution in [0.25, 0.3) is 33.3 Å². The predicted octanol–water partition coefficient (Wildman–Crippen LogP) is 5.44. The molecule has 1 atom stereocenters. The van der Waals surface area contributed by atoms with Crippen LogP contribution in [0.5, 0.6) is 5.75 Å². The number of aromatic amines is 1. The Labute approximate surface area is 226 Å². The number of para-hydroxylation sites is 1. The van der Waals surface area contributed by atoms with Gasteiger partial charge in [-0.05, 0) is 47.7 Å². The zero-order valence-corrected chi connectivity index (χ0v) is 21.6. The van der Waals surface area contributed by atoms with Gasteiger partial charge in [0.2, 0.25) is 5.91 Å². The number of aromatic hydroxyl groups is 1. The van der Waals surface area contributed by atoms with Crippen LogP contribution >= 0.6 is 0 Å². The number of hydrogen-bond donors (Lipinski definition) is 3. The van der Waals surface area contributed by atoms with Crippen LogP contribution < -0.4 is 5.32 Å². The summed E-state index contributed by atoms with van der Waals surface area (Å²) in [6.07, 6.45) is 4.72. The summed E-state index contributed by atoms with van der Waals surface area (Å²) < 4.78 is 4.90. The van der Waals surface area contributed by atoms with Gasteiger partial charge in [-0.15, -0.1) is 0 Å². The van der Waals surface area contributed by atoms with E-state index in [1.807, 2.05) is 84.9 Å². The second-order valence-corrected chi connectivity index (χ2v) is 9.39. The van der Waals surface area contributed by atoms with Gasteiger partial charge in [0.05, 0.1) is 19.2 Å². The molecule has 7 heteroatoms. The summed E-state index contributed by atoms with van der Waals surface area (Å²) in [6.45, 7) is 0. The van der Waals surface area contributed by atoms with Crippen molar-refractivity contribution in [3.05, 3.63) is 108 Å². The summed E-state index contributed by atoms with van der Waals surface area (Å²) in [6, 6.07) is 26.0. The van der Waals surface area contributed by atoms with Crippen LogP contribution in [0.2, 0.25) is 0 Å². The number of aromatic nitrogens is 2. The number of rotatable bonds is 9. The highest BCUT2D eigenvalue weighted by Crippen LogP contribution is 2.38. The van der Waals surface area contributed by atoms with E-state index in [2.05, 4.69) is 15.3 Å². The van der Waals surface area contributed by atoms with Gasteiger partial charge in [0.15, 0.2) is 0 Å². The first kappa shape index (κ1) is 25.7. The van der Waals surface area contributed by atoms with E-state index >= 15 is 0 Å². The molecule has 0 saturated carbocycles. The molecule has 2 heterocycles. The van der Waals surface area contributed by atoms with E-state index in [0.29, 0.717) is 24.0 Å². The highest BCUT2D eigenvalue weighted by molar-refractivity contribution is 5.89. The maximum absolute atomic E-state index is 12.8. The number of nitrogens with zero attached hydrogens (tertiary/aromatic N) is 1. The van der Waals surface area contributed by atoms with Crippen molar-refractivity contribution in [3.63, 3.8) is 0 Å². The summed E-state index contributed by atoms with van der Waals surface area (Å²) in [5.74, 6) is -0.553. The molecule has 1 unspecified atom stereocenters. The van der Waals surface area contributed by atoms with Crippen LogP contribution in [0.3, 0.4) is 0 Å². The van der Waals surface area contributed by atoms with Gasteiger partial charge in [0.1, 0.15) is 11.8 Å². The highest BCUT2D eigenvalue weighted by Gasteiger charge is 2.21. The maximum Gasteiger partial charge on any atom is 0.328 e. The number of hydrogen-bond acceptors (Lipinski definition) is 5. The fraction of sp³-hybridized carbons (Fsp3) is 0.156. The van der Waals surface area contributed by atoms with Gasteiger partial charge in [-0.3, -0.25) is 9.78 Å². The standard InChI is InChI=1S/C32H29N3O4/c1-39-32(38)28(15-12-21-6-3-2-4-7-21)35-30(36)18-22-10-13-23(14-11-22)25-8-5-9-26(31(25)37)29-19-24-20-33-17-16-27(24)34-29/h2-11,13-14,16-17,19-20,28,34,37H,12,15,18H2,1H3,(H,35,36). The normalized spacial score (nSPS) is 11.7. The topological polar surface area (TPSA) is 104 Å². The van der Waals surface area contributed by atoms with E-state index in [1.54, 1.807) is 12.4 Å². The molecule has 3 aromatic carbocycles. The number of carbonyl (C=O) groups is 2. The van der Waals surface area contributed by atoms with E-state index in [1.165, 1.54) is 7.11 Å². The molecule has 0 spiro atoms. The lowest BCUT2D eigenvalue weighted by Crippen LogP contribution is -2.42. The Morgan fingerprint density at radius 2 is 1.72 bits per heavy atom. The minimum Gasteiger partial charge on any atom is -0.507 e. The third-order valence-electron chi connectivity index (χ3n) is 6.76. The maximum atomic E-state index is 12.8. The molecule has 2 aromatic heterocycles. The molecule has 0 fully saturated rings. The molecule has 0 aliphatic carbocycles. The predicted molar refractivity (Wildman–Crippen MR) is 151 cm³/mol. The summed E-state index contributed by atoms with van der Waals surface area (Å²) in [5.41, 5.74) is 5.84. The Balaban J connectivity index is 1.27. The summed E-state index contributed by atoms with van der Waals surface area (Å²) in [7, 11) is 1.32. The van der Waals surface area contributed by atoms with Crippen molar-refractivity contribution in [2.24, 2.45) is 0 Å². The minimum atomic E-state index is -0.720. The van der Waals surface area contributed by atoms with E-state index in [0.717, 1.165) is 33.3 Å². The van der Waals surface area contributed by atoms with Crippen molar-refractivity contribution in [1.29, 1.82) is 0 Å². The van der Waals surface area contributed by atoms with Crippen LogP contribution in [-0.4, -0.2) is 40.1 Å². The summed E-state index contributed by atoms with van der Waals surface area (Å²) >= 11 is 0. The minimum absolute atomic E-state index is 0.119. The first-order chi connectivity index (χ1) is 19.0. The van der Waals surface area contributed by atoms with Gasteiger partial charge in [0, 0.05) is 34.4 Å². The number of amides is 1. The molecule has 0 saturated heterocycles. The van der Waals surface area contributed by atoms with Crippen LogP contribution in [-0.2, 0) is 27.2 Å². The first-order valence-corrected chi connectivity index (χ1v) is 12.8. The molecule has 39 heavy (non-hydrogen) atoms. The van der Waals surface area contributed by atoms with Crippen molar-refractivity contribution in [2.45, 2.75) is 25.3 Å². The van der Waals surface area contributed by atoms with Gasteiger partial charge in [-0.25, -0.2) is 4.79 Å². The van der Waals surface area contributed by atoms with Gasteiger partial charge >= 0.3 is 5.97 Å². The van der Waals surface area contributed by atoms with Gasteiger partial charge in [0.25, 0.3) is 0 Å². The lowest BCUT2D eigenvalue weighted by atomic mass is 9.98. The Bertz CT molecular complexity index is 1560. The second-order valence-electron chi connectivity index (χ2n) is 9.39. The molecule has 1 amide bonds. The monoisotopic (exact) mass is 519 g/mol. The summed E-state index contributed by atoms with van der Waals surface area (Å²) in [4.78, 5) is 32.5. The number of methoxy groups -OCH3 is 1. The molecule has 0 aliphatic rings. The zero-order valence-electron chi connectivity index (χ0n) is 21.6. The number of ether oxygens (including phenoxy) is 1. The lowest BCUT2D eigenvalue weighted by molar-refractivity contribution is -0.145. The third-order valence-corrected chi connectivity index (χ3v) is 6.76. The molecule has 5 aromatic rings. The number of nitrogens with one attached hydrogen (secondary N) is 2. The van der Waals surface area contributed by atoms with E-state index < -0.39 is 12.0 Å². The molecular weight excluding hydrogens is 490 g/mol. The Kier molecular flexibility index (Phi) is 7.68. The number of phenols is 1. The summed E-state index contributed by atoms with van der Waals surface area (Å²) in [5, 5.41) is 14.9. The van der Waals surface area contributed by atoms with Gasteiger partial charge in [-0.1, -0.05) is 66.7 Å². The lowest BCUT2D eigenvalue weighted by Gasteiger charge is -2.17. The Hall–Kier alpha value is -4.91. The number of phenolic OH excluding ortho intramolecular Hbond substituents is 1. The van der Waals surface area contributed by atoms with Crippen molar-refractivity contribution in [2.75, 3.05) is 7.11 Å². The second kappa shape index (κ2) is 11.6. The van der Waals surface area contributed by atoms with Crippen LogP contribution in [0.1, 0.15) is 17.5 Å². The largest absolute Gasteiger partial charge is 0.507 e. The van der Waals surface area contributed by atoms with Gasteiger partial charge in [-0.2, -0.15) is 0 Å². The Morgan fingerprint density at radius 3 is 2.46 bits per heavy atom. The zero-order chi connectivity index (χ0) is 27.2. The molecule has 0 radical (unpaired) electrons. The number of carbonyl (C=O) groups excluding carboxylic acids is 2. The van der Waals surface area contributed by atoms with E-state index in [-0.39, 0.29) is 18.1 Å². The van der Waals surface area contributed by atoms with Crippen molar-refractivity contribution in [3.8, 4) is 28.1 Å². The smallest absolute Gasteiger partial charge is 0.328 e. The van der Waals surface area contributed by atoms with Crippen molar-refractivity contribution < 1.29 is 19.4 Å². The number of esters is 1. The number of fused-ring (bicyclic) bond motifs is 1. The average Bonchev–Trinajstić information content (AvgIpc) is 3.40. The molecular formula is C32H29N3O4. The van der Waals surface area contributed by atoms with Gasteiger partial charge < -0.3 is 20.1 Å².